The molecule has 0 rings (SSSR count). The molecule has 0 amide bonds. The second-order valence-corrected chi connectivity index (χ2v) is 5.47. The van der Waals surface area contributed by atoms with Gasteiger partial charge in [-0.25, -0.2) is 4.79 Å². The van der Waals surface area contributed by atoms with Crippen molar-refractivity contribution in [3.8, 4) is 0 Å². The number of alkyl halides is 3. The Kier molecular flexibility index (Phi) is 10.7. The van der Waals surface area contributed by atoms with Gasteiger partial charge in [-0.15, -0.1) is 0 Å². The minimum atomic E-state index is -5.08. The Labute approximate surface area is 131 Å². The van der Waals surface area contributed by atoms with Gasteiger partial charge in [0.05, 0.1) is 11.4 Å². The van der Waals surface area contributed by atoms with Crippen LogP contribution in [0, 0.1) is 5.92 Å². The molecule has 0 aliphatic carbocycles. The van der Waals surface area contributed by atoms with Crippen LogP contribution in [0.1, 0.15) is 33.6 Å². The van der Waals surface area contributed by atoms with Crippen LogP contribution in [-0.2, 0) is 9.59 Å². The largest absolute Gasteiger partial charge is 0.490 e. The summed E-state index contributed by atoms with van der Waals surface area (Å²) in [5.41, 5.74) is 5.85. The molecule has 22 heavy (non-hydrogen) atoms. The van der Waals surface area contributed by atoms with Crippen LogP contribution >= 0.6 is 12.2 Å². The lowest BCUT2D eigenvalue weighted by Crippen LogP contribution is -2.38. The van der Waals surface area contributed by atoms with E-state index in [4.69, 9.17) is 33.0 Å². The maximum Gasteiger partial charge on any atom is 0.490 e. The van der Waals surface area contributed by atoms with Gasteiger partial charge >= 0.3 is 18.1 Å². The molecule has 0 aliphatic rings. The van der Waals surface area contributed by atoms with Gasteiger partial charge in [0, 0.05) is 18.5 Å². The molecule has 0 aromatic heterocycles. The number of rotatable bonds is 6. The molecule has 2 atom stereocenters. The molecular weight excluding hydrogens is 325 g/mol. The third kappa shape index (κ3) is 13.6. The smallest absolute Gasteiger partial charge is 0.481 e. The normalized spacial score (nSPS) is 13.6. The molecule has 0 aromatic carbocycles. The van der Waals surface area contributed by atoms with E-state index in [-0.39, 0.29) is 18.5 Å². The molecule has 10 heteroatoms. The van der Waals surface area contributed by atoms with E-state index in [1.165, 1.54) is 0 Å². The highest BCUT2D eigenvalue weighted by molar-refractivity contribution is 7.80. The predicted molar refractivity (Wildman–Crippen MR) is 78.6 cm³/mol. The van der Waals surface area contributed by atoms with Crippen LogP contribution in [0.25, 0.3) is 0 Å². The van der Waals surface area contributed by atoms with Gasteiger partial charge in [-0.2, -0.15) is 13.2 Å². The Morgan fingerprint density at radius 2 is 1.59 bits per heavy atom. The van der Waals surface area contributed by atoms with Crippen molar-refractivity contribution in [2.45, 2.75) is 51.9 Å². The summed E-state index contributed by atoms with van der Waals surface area (Å²) in [6, 6.07) is -0.114. The van der Waals surface area contributed by atoms with E-state index < -0.39 is 18.1 Å². The molecule has 0 saturated carbocycles. The molecule has 0 spiro atoms. The summed E-state index contributed by atoms with van der Waals surface area (Å²) < 4.78 is 31.7. The lowest BCUT2D eigenvalue weighted by Gasteiger charge is -2.19. The molecule has 0 fully saturated rings. The Hall–Kier alpha value is -1.42. The number of halogens is 3. The van der Waals surface area contributed by atoms with Gasteiger partial charge in [0.25, 0.3) is 0 Å². The second-order valence-electron chi connectivity index (χ2n) is 4.98. The van der Waals surface area contributed by atoms with Crippen LogP contribution in [0.4, 0.5) is 13.2 Å². The number of carboxylic acid groups (broad SMARTS) is 2. The fourth-order valence-electron chi connectivity index (χ4n) is 1.10. The van der Waals surface area contributed by atoms with Crippen LogP contribution in [0.15, 0.2) is 0 Å². The number of hydrogen-bond acceptors (Lipinski definition) is 4. The summed E-state index contributed by atoms with van der Waals surface area (Å²) in [6.45, 7) is 5.86. The molecule has 0 aliphatic heterocycles. The first-order valence-electron chi connectivity index (χ1n) is 6.34. The number of carbonyl (C=O) groups is 2. The summed E-state index contributed by atoms with van der Waals surface area (Å²) in [4.78, 5) is 20.0. The van der Waals surface area contributed by atoms with Crippen molar-refractivity contribution in [1.82, 2.24) is 5.32 Å². The van der Waals surface area contributed by atoms with Crippen LogP contribution < -0.4 is 11.1 Å². The predicted octanol–water partition coefficient (Wildman–Crippen LogP) is 1.77. The molecule has 5 N–H and O–H groups in total. The van der Waals surface area contributed by atoms with Crippen LogP contribution in [0.2, 0.25) is 0 Å². The zero-order valence-electron chi connectivity index (χ0n) is 12.5. The lowest BCUT2D eigenvalue weighted by atomic mass is 10.0. The van der Waals surface area contributed by atoms with Crippen LogP contribution in [0.5, 0.6) is 0 Å². The van der Waals surface area contributed by atoms with Crippen molar-refractivity contribution >= 4 is 29.1 Å². The van der Waals surface area contributed by atoms with E-state index in [2.05, 4.69) is 5.32 Å². The van der Waals surface area contributed by atoms with E-state index in [0.29, 0.717) is 17.3 Å². The molecule has 130 valence electrons. The number of nitrogens with two attached hydrogens (primary N) is 1. The molecule has 0 radical (unpaired) electrons. The maximum absolute atomic E-state index is 10.6. The number of hydrogen-bond donors (Lipinski definition) is 4. The highest BCUT2D eigenvalue weighted by Gasteiger charge is 2.38. The lowest BCUT2D eigenvalue weighted by molar-refractivity contribution is -0.192. The van der Waals surface area contributed by atoms with Gasteiger partial charge < -0.3 is 21.3 Å². The Morgan fingerprint density at radius 1 is 1.18 bits per heavy atom. The van der Waals surface area contributed by atoms with Crippen LogP contribution in [-0.4, -0.2) is 45.4 Å². The average molecular weight is 346 g/mol. The summed E-state index contributed by atoms with van der Waals surface area (Å²) in [6.07, 6.45) is -4.41. The highest BCUT2D eigenvalue weighted by atomic mass is 32.1. The van der Waals surface area contributed by atoms with Gasteiger partial charge in [-0.05, 0) is 12.8 Å². The van der Waals surface area contributed by atoms with E-state index in [9.17, 15) is 18.0 Å². The van der Waals surface area contributed by atoms with Gasteiger partial charge in [-0.1, -0.05) is 26.1 Å². The Balaban J connectivity index is 0. The van der Waals surface area contributed by atoms with Crippen molar-refractivity contribution < 1.29 is 33.0 Å². The van der Waals surface area contributed by atoms with E-state index in [0.717, 1.165) is 0 Å². The van der Waals surface area contributed by atoms with Gasteiger partial charge in [0.15, 0.2) is 0 Å². The number of thiocarbonyl (C=S) groups is 1. The van der Waals surface area contributed by atoms with Gasteiger partial charge in [0.2, 0.25) is 0 Å². The molecule has 0 heterocycles. The van der Waals surface area contributed by atoms with Crippen LogP contribution in [0.3, 0.4) is 0 Å². The Bertz CT molecular complexity index is 389. The molecular formula is C12H21F3N2O4S. The number of carboxylic acids is 2. The first kappa shape index (κ1) is 22.9. The Morgan fingerprint density at radius 3 is 1.86 bits per heavy atom. The van der Waals surface area contributed by atoms with Crippen molar-refractivity contribution in [2.75, 3.05) is 0 Å². The van der Waals surface area contributed by atoms with Crippen molar-refractivity contribution in [3.05, 3.63) is 0 Å². The zero-order chi connectivity index (χ0) is 18.1. The molecule has 0 aromatic rings. The molecule has 6 nitrogen and oxygen atoms in total. The first-order valence-corrected chi connectivity index (χ1v) is 6.75. The fraction of sp³-hybridized carbons (Fsp3) is 0.750. The maximum atomic E-state index is 10.6. The minimum absolute atomic E-state index is 0.0297. The molecule has 0 bridgehead atoms. The quantitative estimate of drug-likeness (QED) is 0.542. The van der Waals surface area contributed by atoms with Gasteiger partial charge in [-0.3, -0.25) is 4.79 Å². The molecule has 0 saturated heterocycles. The minimum Gasteiger partial charge on any atom is -0.481 e. The van der Waals surface area contributed by atoms with E-state index >= 15 is 0 Å². The van der Waals surface area contributed by atoms with Crippen molar-refractivity contribution in [1.29, 1.82) is 0 Å². The monoisotopic (exact) mass is 346 g/mol. The summed E-state index contributed by atoms with van der Waals surface area (Å²) in [5, 5.41) is 18.7. The first-order chi connectivity index (χ1) is 9.77. The second kappa shape index (κ2) is 10.3. The number of nitrogens with one attached hydrogen (secondary N) is 1. The van der Waals surface area contributed by atoms with E-state index in [1.54, 1.807) is 6.92 Å². The third-order valence-electron chi connectivity index (χ3n) is 2.41. The summed E-state index contributed by atoms with van der Waals surface area (Å²) in [7, 11) is 0. The summed E-state index contributed by atoms with van der Waals surface area (Å²) in [5.74, 6) is -3.21. The van der Waals surface area contributed by atoms with E-state index in [1.807, 2.05) is 13.8 Å². The number of aliphatic carboxylic acids is 2. The standard InChI is InChI=1S/C10H20N2O2S.C2HF3O2/c1-6(2)8(11)5-9(15)12-7(3)4-10(13)14;3-2(4,5)1(6)7/h6-8H,4-5,11H2,1-3H3,(H,12,15)(H,13,14);(H,6,7)/t7-,8+;/m0./s1. The fourth-order valence-corrected chi connectivity index (χ4v) is 1.49. The zero-order valence-corrected chi connectivity index (χ0v) is 13.3. The topological polar surface area (TPSA) is 113 Å². The third-order valence-corrected chi connectivity index (χ3v) is 2.69. The van der Waals surface area contributed by atoms with Gasteiger partial charge in [0.1, 0.15) is 0 Å². The SMILES string of the molecule is CC(C)[C@H](N)CC(=S)N[C@@H](C)CC(=O)O.O=C(O)C(F)(F)F. The van der Waals surface area contributed by atoms with Crippen molar-refractivity contribution in [3.63, 3.8) is 0 Å². The van der Waals surface area contributed by atoms with Crippen molar-refractivity contribution in [2.24, 2.45) is 11.7 Å². The summed E-state index contributed by atoms with van der Waals surface area (Å²) >= 11 is 5.09. The highest BCUT2D eigenvalue weighted by Crippen LogP contribution is 2.13. The average Bonchev–Trinajstić information content (AvgIpc) is 2.26. The molecule has 0 unspecified atom stereocenters.